The normalized spacial score (nSPS) is 24.1. The average molecular weight is 265 g/mol. The quantitative estimate of drug-likeness (QED) is 0.747. The third-order valence-electron chi connectivity index (χ3n) is 5.49. The molecule has 0 bridgehead atoms. The molecule has 2 nitrogen and oxygen atoms in total. The first kappa shape index (κ1) is 14.9. The highest BCUT2D eigenvalue weighted by atomic mass is 16.2. The Hall–Kier alpha value is -0.530. The summed E-state index contributed by atoms with van der Waals surface area (Å²) in [4.78, 5) is 14.1. The summed E-state index contributed by atoms with van der Waals surface area (Å²) in [7, 11) is 0. The van der Waals surface area contributed by atoms with Crippen LogP contribution in [0.3, 0.4) is 0 Å². The van der Waals surface area contributed by atoms with Gasteiger partial charge in [-0.05, 0) is 49.9 Å². The van der Waals surface area contributed by atoms with E-state index in [9.17, 15) is 4.79 Å². The van der Waals surface area contributed by atoms with E-state index in [2.05, 4.69) is 11.8 Å². The van der Waals surface area contributed by atoms with Crippen LogP contribution in [0.15, 0.2) is 0 Å². The molecule has 0 atom stereocenters. The second kappa shape index (κ2) is 6.28. The molecule has 110 valence electrons. The van der Waals surface area contributed by atoms with Crippen LogP contribution in [0, 0.1) is 17.3 Å². The summed E-state index contributed by atoms with van der Waals surface area (Å²) in [6, 6.07) is 0. The molecule has 1 spiro atoms. The molecule has 0 radical (unpaired) electrons. The Morgan fingerprint density at radius 2 is 1.74 bits per heavy atom. The van der Waals surface area contributed by atoms with Crippen LogP contribution in [0.25, 0.3) is 0 Å². The summed E-state index contributed by atoms with van der Waals surface area (Å²) in [6.07, 6.45) is 11.0. The van der Waals surface area contributed by atoms with Crippen LogP contribution in [0.4, 0.5) is 0 Å². The molecule has 2 heteroatoms. The first-order valence-corrected chi connectivity index (χ1v) is 8.35. The Morgan fingerprint density at radius 3 is 2.21 bits per heavy atom. The minimum absolute atomic E-state index is 0.161. The van der Waals surface area contributed by atoms with Gasteiger partial charge in [-0.2, -0.15) is 0 Å². The van der Waals surface area contributed by atoms with Crippen molar-refractivity contribution in [2.75, 3.05) is 13.1 Å². The van der Waals surface area contributed by atoms with Gasteiger partial charge in [0.15, 0.2) is 0 Å². The molecule has 0 aromatic carbocycles. The lowest BCUT2D eigenvalue weighted by molar-refractivity contribution is -0.137. The first-order valence-electron chi connectivity index (χ1n) is 8.35. The van der Waals surface area contributed by atoms with Crippen molar-refractivity contribution in [1.82, 2.24) is 4.90 Å². The summed E-state index contributed by atoms with van der Waals surface area (Å²) >= 11 is 0. The Labute approximate surface area is 118 Å². The maximum absolute atomic E-state index is 12.0. The van der Waals surface area contributed by atoms with Gasteiger partial charge in [0, 0.05) is 19.0 Å². The molecule has 2 fully saturated rings. The summed E-state index contributed by atoms with van der Waals surface area (Å²) < 4.78 is 0. The van der Waals surface area contributed by atoms with Gasteiger partial charge < -0.3 is 4.90 Å². The Morgan fingerprint density at radius 1 is 1.16 bits per heavy atom. The molecule has 1 saturated heterocycles. The molecule has 0 N–H and O–H groups in total. The largest absolute Gasteiger partial charge is 0.342 e. The van der Waals surface area contributed by atoms with Crippen LogP contribution < -0.4 is 0 Å². The van der Waals surface area contributed by atoms with Gasteiger partial charge in [-0.25, -0.2) is 0 Å². The average Bonchev–Trinajstić information content (AvgIpc) is 2.42. The number of hydrogen-bond donors (Lipinski definition) is 0. The van der Waals surface area contributed by atoms with Crippen LogP contribution in [-0.2, 0) is 4.79 Å². The van der Waals surface area contributed by atoms with Crippen molar-refractivity contribution in [1.29, 1.82) is 0 Å². The highest BCUT2D eigenvalue weighted by molar-refractivity contribution is 5.78. The fraction of sp³-hybridized carbons (Fsp3) is 0.941. The second-order valence-electron chi connectivity index (χ2n) is 7.21. The van der Waals surface area contributed by atoms with Crippen molar-refractivity contribution < 1.29 is 4.79 Å². The number of hydrogen-bond acceptors (Lipinski definition) is 1. The molecule has 1 heterocycles. The molecule has 1 aliphatic heterocycles. The Kier molecular flexibility index (Phi) is 4.92. The van der Waals surface area contributed by atoms with E-state index >= 15 is 0 Å². The summed E-state index contributed by atoms with van der Waals surface area (Å²) in [6.45, 7) is 8.36. The van der Waals surface area contributed by atoms with E-state index in [-0.39, 0.29) is 5.92 Å². The molecule has 1 aliphatic carbocycles. The zero-order valence-electron chi connectivity index (χ0n) is 13.1. The lowest BCUT2D eigenvalue weighted by Crippen LogP contribution is -2.45. The topological polar surface area (TPSA) is 20.3 Å². The predicted molar refractivity (Wildman–Crippen MR) is 80.0 cm³/mol. The Balaban J connectivity index is 1.82. The van der Waals surface area contributed by atoms with Crippen LogP contribution in [-0.4, -0.2) is 23.9 Å². The molecule has 2 aliphatic rings. The van der Waals surface area contributed by atoms with Crippen molar-refractivity contribution >= 4 is 5.91 Å². The minimum atomic E-state index is 0.161. The lowest BCUT2D eigenvalue weighted by atomic mass is 9.65. The van der Waals surface area contributed by atoms with Crippen molar-refractivity contribution in [2.24, 2.45) is 17.3 Å². The predicted octanol–water partition coefficient (Wildman–Crippen LogP) is 4.24. The number of piperidine rings is 1. The van der Waals surface area contributed by atoms with E-state index in [0.717, 1.165) is 19.0 Å². The van der Waals surface area contributed by atoms with Gasteiger partial charge in [0.05, 0.1) is 0 Å². The molecule has 1 amide bonds. The van der Waals surface area contributed by atoms with E-state index in [1.165, 1.54) is 51.4 Å². The second-order valence-corrected chi connectivity index (χ2v) is 7.21. The van der Waals surface area contributed by atoms with Crippen LogP contribution in [0.1, 0.15) is 72.1 Å². The number of amides is 1. The van der Waals surface area contributed by atoms with Crippen molar-refractivity contribution in [3.63, 3.8) is 0 Å². The van der Waals surface area contributed by atoms with Crippen LogP contribution >= 0.6 is 0 Å². The SMILES string of the molecule is CCCC1CCC2(CC1)CCN(C(=O)C(C)C)CC2. The summed E-state index contributed by atoms with van der Waals surface area (Å²) in [5.74, 6) is 1.51. The van der Waals surface area contributed by atoms with Gasteiger partial charge in [-0.3, -0.25) is 4.79 Å². The fourth-order valence-electron chi connectivity index (χ4n) is 4.05. The highest BCUT2D eigenvalue weighted by Gasteiger charge is 2.38. The maximum Gasteiger partial charge on any atom is 0.225 e. The van der Waals surface area contributed by atoms with Gasteiger partial charge in [0.2, 0.25) is 5.91 Å². The van der Waals surface area contributed by atoms with Crippen molar-refractivity contribution in [3.8, 4) is 0 Å². The van der Waals surface area contributed by atoms with E-state index in [0.29, 0.717) is 11.3 Å². The molecular formula is C17H31NO. The van der Waals surface area contributed by atoms with Crippen LogP contribution in [0.5, 0.6) is 0 Å². The lowest BCUT2D eigenvalue weighted by Gasteiger charge is -2.46. The van der Waals surface area contributed by atoms with Crippen molar-refractivity contribution in [3.05, 3.63) is 0 Å². The zero-order valence-corrected chi connectivity index (χ0v) is 13.1. The van der Waals surface area contributed by atoms with Gasteiger partial charge in [-0.1, -0.05) is 33.6 Å². The summed E-state index contributed by atoms with van der Waals surface area (Å²) in [5.41, 5.74) is 0.595. The van der Waals surface area contributed by atoms with Gasteiger partial charge in [-0.15, -0.1) is 0 Å². The fourth-order valence-corrected chi connectivity index (χ4v) is 4.05. The monoisotopic (exact) mass is 265 g/mol. The number of likely N-dealkylation sites (tertiary alicyclic amines) is 1. The smallest absolute Gasteiger partial charge is 0.225 e. The van der Waals surface area contributed by atoms with E-state index in [1.54, 1.807) is 0 Å². The maximum atomic E-state index is 12.0. The van der Waals surface area contributed by atoms with Crippen molar-refractivity contribution in [2.45, 2.75) is 72.1 Å². The van der Waals surface area contributed by atoms with E-state index in [4.69, 9.17) is 0 Å². The van der Waals surface area contributed by atoms with Gasteiger partial charge in [0.1, 0.15) is 0 Å². The molecule has 2 rings (SSSR count). The standard InChI is InChI=1S/C17H31NO/c1-4-5-15-6-8-17(9-7-15)10-12-18(13-11-17)16(19)14(2)3/h14-15H,4-13H2,1-3H3. The first-order chi connectivity index (χ1) is 9.06. The number of carbonyl (C=O) groups excluding carboxylic acids is 1. The number of nitrogens with zero attached hydrogens (tertiary/aromatic N) is 1. The van der Waals surface area contributed by atoms with Gasteiger partial charge in [0.25, 0.3) is 0 Å². The van der Waals surface area contributed by atoms with E-state index in [1.807, 2.05) is 13.8 Å². The third kappa shape index (κ3) is 3.52. The molecule has 19 heavy (non-hydrogen) atoms. The zero-order chi connectivity index (χ0) is 13.9. The van der Waals surface area contributed by atoms with Crippen LogP contribution in [0.2, 0.25) is 0 Å². The number of rotatable bonds is 3. The minimum Gasteiger partial charge on any atom is -0.342 e. The summed E-state index contributed by atoms with van der Waals surface area (Å²) in [5, 5.41) is 0. The Bertz CT molecular complexity index is 292. The molecule has 0 aromatic heterocycles. The molecule has 0 aromatic rings. The molecule has 1 saturated carbocycles. The number of carbonyl (C=O) groups is 1. The third-order valence-corrected chi connectivity index (χ3v) is 5.49. The van der Waals surface area contributed by atoms with Gasteiger partial charge >= 0.3 is 0 Å². The highest BCUT2D eigenvalue weighted by Crippen LogP contribution is 2.47. The molecular weight excluding hydrogens is 234 g/mol. The molecule has 0 unspecified atom stereocenters. The van der Waals surface area contributed by atoms with E-state index < -0.39 is 0 Å².